The monoisotopic (exact) mass is 361 g/mol. The Morgan fingerprint density at radius 2 is 1.62 bits per heavy atom. The highest BCUT2D eigenvalue weighted by Gasteiger charge is 2.24. The number of benzene rings is 2. The van der Waals surface area contributed by atoms with E-state index in [1.54, 1.807) is 55.5 Å². The van der Waals surface area contributed by atoms with Crippen LogP contribution in [0.15, 0.2) is 59.0 Å². The molecule has 5 nitrogen and oxygen atoms in total. The molecule has 0 N–H and O–H groups in total. The first-order valence-electron chi connectivity index (χ1n) is 7.84. The minimum atomic E-state index is -3.82. The van der Waals surface area contributed by atoms with Gasteiger partial charge in [0.2, 0.25) is 0 Å². The van der Waals surface area contributed by atoms with Crippen molar-refractivity contribution in [3.63, 3.8) is 0 Å². The highest BCUT2D eigenvalue weighted by Crippen LogP contribution is 2.31. The van der Waals surface area contributed by atoms with Crippen molar-refractivity contribution >= 4 is 27.0 Å². The average molecular weight is 361 g/mol. The zero-order chi connectivity index (χ0) is 18.9. The van der Waals surface area contributed by atoms with Crippen molar-refractivity contribution in [2.45, 2.75) is 18.7 Å². The van der Waals surface area contributed by atoms with Gasteiger partial charge in [-0.05, 0) is 38.1 Å². The summed E-state index contributed by atoms with van der Waals surface area (Å²) >= 11 is 0. The Morgan fingerprint density at radius 1 is 1.00 bits per heavy atom. The predicted octanol–water partition coefficient (Wildman–Crippen LogP) is 3.93. The normalized spacial score (nSPS) is 10.9. The molecule has 3 rings (SSSR count). The molecular formula is C20H15N3O2S. The molecule has 1 aromatic heterocycles. The third-order valence-corrected chi connectivity index (χ3v) is 6.02. The van der Waals surface area contributed by atoms with Crippen LogP contribution in [-0.2, 0) is 10.0 Å². The molecule has 2 aromatic carbocycles. The van der Waals surface area contributed by atoms with Crippen LogP contribution < -0.4 is 0 Å². The number of fused-ring (bicyclic) bond motifs is 1. The smallest absolute Gasteiger partial charge is 0.238 e. The van der Waals surface area contributed by atoms with Gasteiger partial charge in [-0.2, -0.15) is 10.5 Å². The van der Waals surface area contributed by atoms with Crippen molar-refractivity contribution in [2.75, 3.05) is 0 Å². The highest BCUT2D eigenvalue weighted by molar-refractivity contribution is 7.90. The lowest BCUT2D eigenvalue weighted by Gasteiger charge is -2.10. The van der Waals surface area contributed by atoms with Gasteiger partial charge in [-0.15, -0.1) is 0 Å². The molecule has 0 fully saturated rings. The summed E-state index contributed by atoms with van der Waals surface area (Å²) in [4.78, 5) is 0.184. The van der Waals surface area contributed by atoms with Crippen LogP contribution in [0.4, 0.5) is 0 Å². The summed E-state index contributed by atoms with van der Waals surface area (Å²) in [5.41, 5.74) is 2.40. The van der Waals surface area contributed by atoms with Gasteiger partial charge in [-0.25, -0.2) is 12.4 Å². The SMILES string of the molecule is Cc1ccc(S(=O)(=O)n2c(C)c(C=C(C#N)C#N)c3ccccc32)cc1. The van der Waals surface area contributed by atoms with Gasteiger partial charge in [0.05, 0.1) is 10.4 Å². The molecule has 128 valence electrons. The van der Waals surface area contributed by atoms with E-state index in [0.717, 1.165) is 5.56 Å². The zero-order valence-electron chi connectivity index (χ0n) is 14.3. The summed E-state index contributed by atoms with van der Waals surface area (Å²) in [6.45, 7) is 3.56. The lowest BCUT2D eigenvalue weighted by atomic mass is 10.1. The van der Waals surface area contributed by atoms with E-state index in [4.69, 9.17) is 10.5 Å². The first-order chi connectivity index (χ1) is 12.4. The van der Waals surface area contributed by atoms with Crippen LogP contribution in [0.5, 0.6) is 0 Å². The Balaban J connectivity index is 2.37. The maximum absolute atomic E-state index is 13.2. The first kappa shape index (κ1) is 17.5. The minimum absolute atomic E-state index is 0.0799. The summed E-state index contributed by atoms with van der Waals surface area (Å²) in [7, 11) is -3.82. The second-order valence-corrected chi connectivity index (χ2v) is 7.67. The lowest BCUT2D eigenvalue weighted by molar-refractivity contribution is 0.588. The van der Waals surface area contributed by atoms with Gasteiger partial charge >= 0.3 is 0 Å². The Kier molecular flexibility index (Phi) is 4.38. The van der Waals surface area contributed by atoms with E-state index in [9.17, 15) is 8.42 Å². The quantitative estimate of drug-likeness (QED) is 0.662. The van der Waals surface area contributed by atoms with Crippen LogP contribution in [0.1, 0.15) is 16.8 Å². The summed E-state index contributed by atoms with van der Waals surface area (Å²) in [6, 6.07) is 17.3. The summed E-state index contributed by atoms with van der Waals surface area (Å²) in [5, 5.41) is 18.8. The number of rotatable bonds is 3. The van der Waals surface area contributed by atoms with E-state index >= 15 is 0 Å². The Labute approximate surface area is 152 Å². The number of allylic oxidation sites excluding steroid dienone is 1. The van der Waals surface area contributed by atoms with Gasteiger partial charge in [0.15, 0.2) is 0 Å². The summed E-state index contributed by atoms with van der Waals surface area (Å²) < 4.78 is 27.7. The van der Waals surface area contributed by atoms with E-state index < -0.39 is 10.0 Å². The molecule has 0 amide bonds. The fourth-order valence-corrected chi connectivity index (χ4v) is 4.47. The fourth-order valence-electron chi connectivity index (χ4n) is 2.90. The standard InChI is InChI=1S/C20H15N3O2S/c1-14-7-9-17(10-8-14)26(24,25)23-15(2)19(11-16(12-21)13-22)18-5-3-4-6-20(18)23/h3-11H,1-2H3. The van der Waals surface area contributed by atoms with Crippen molar-refractivity contribution < 1.29 is 8.42 Å². The summed E-state index contributed by atoms with van der Waals surface area (Å²) in [5.74, 6) is 0. The van der Waals surface area contributed by atoms with Crippen LogP contribution in [-0.4, -0.2) is 12.4 Å². The second kappa shape index (κ2) is 6.51. The lowest BCUT2D eigenvalue weighted by Crippen LogP contribution is -2.14. The minimum Gasteiger partial charge on any atom is -0.238 e. The van der Waals surface area contributed by atoms with Gasteiger partial charge in [0.1, 0.15) is 17.7 Å². The third kappa shape index (κ3) is 2.77. The van der Waals surface area contributed by atoms with E-state index in [0.29, 0.717) is 22.2 Å². The molecule has 26 heavy (non-hydrogen) atoms. The van der Waals surface area contributed by atoms with Crippen molar-refractivity contribution in [1.29, 1.82) is 10.5 Å². The molecule has 0 saturated carbocycles. The van der Waals surface area contributed by atoms with Crippen LogP contribution in [0, 0.1) is 36.5 Å². The fraction of sp³-hybridized carbons (Fsp3) is 0.100. The third-order valence-electron chi connectivity index (χ3n) is 4.20. The number of nitriles is 2. The van der Waals surface area contributed by atoms with Crippen molar-refractivity contribution in [3.8, 4) is 12.1 Å². The second-order valence-electron chi connectivity index (χ2n) is 5.88. The molecule has 3 aromatic rings. The van der Waals surface area contributed by atoms with E-state index in [1.165, 1.54) is 10.0 Å². The topological polar surface area (TPSA) is 86.7 Å². The van der Waals surface area contributed by atoms with Gasteiger partial charge in [-0.1, -0.05) is 35.9 Å². The molecule has 0 spiro atoms. The number of hydrogen-bond acceptors (Lipinski definition) is 4. The molecule has 0 aliphatic heterocycles. The van der Waals surface area contributed by atoms with E-state index in [2.05, 4.69) is 0 Å². The molecule has 0 aliphatic carbocycles. The Hall–Kier alpha value is -3.35. The number of para-hydroxylation sites is 1. The van der Waals surface area contributed by atoms with Crippen molar-refractivity contribution in [1.82, 2.24) is 3.97 Å². The zero-order valence-corrected chi connectivity index (χ0v) is 15.1. The molecule has 1 heterocycles. The van der Waals surface area contributed by atoms with Crippen LogP contribution in [0.3, 0.4) is 0 Å². The van der Waals surface area contributed by atoms with Gasteiger partial charge in [0, 0.05) is 16.6 Å². The van der Waals surface area contributed by atoms with Crippen LogP contribution >= 0.6 is 0 Å². The van der Waals surface area contributed by atoms with Crippen molar-refractivity contribution in [3.05, 3.63) is 70.9 Å². The Bertz CT molecular complexity index is 1200. The molecule has 0 saturated heterocycles. The molecule has 0 bridgehead atoms. The van der Waals surface area contributed by atoms with Crippen LogP contribution in [0.2, 0.25) is 0 Å². The maximum Gasteiger partial charge on any atom is 0.268 e. The number of hydrogen-bond donors (Lipinski definition) is 0. The van der Waals surface area contributed by atoms with Gasteiger partial charge in [0.25, 0.3) is 10.0 Å². The maximum atomic E-state index is 13.2. The molecule has 0 unspecified atom stereocenters. The predicted molar refractivity (Wildman–Crippen MR) is 99.6 cm³/mol. The molecule has 0 atom stereocenters. The van der Waals surface area contributed by atoms with E-state index in [-0.39, 0.29) is 10.5 Å². The van der Waals surface area contributed by atoms with E-state index in [1.807, 2.05) is 19.1 Å². The summed E-state index contributed by atoms with van der Waals surface area (Å²) in [6.07, 6.45) is 1.43. The van der Waals surface area contributed by atoms with Gasteiger partial charge < -0.3 is 0 Å². The number of aryl methyl sites for hydroxylation is 1. The molecular weight excluding hydrogens is 346 g/mol. The van der Waals surface area contributed by atoms with Gasteiger partial charge in [-0.3, -0.25) is 0 Å². The van der Waals surface area contributed by atoms with Crippen LogP contribution in [0.25, 0.3) is 17.0 Å². The average Bonchev–Trinajstić information content (AvgIpc) is 2.92. The van der Waals surface area contributed by atoms with Crippen molar-refractivity contribution in [2.24, 2.45) is 0 Å². The molecule has 6 heteroatoms. The number of aromatic nitrogens is 1. The molecule has 0 aliphatic rings. The number of nitrogens with zero attached hydrogens (tertiary/aromatic N) is 3. The largest absolute Gasteiger partial charge is 0.268 e. The first-order valence-corrected chi connectivity index (χ1v) is 9.28. The molecule has 0 radical (unpaired) electrons. The highest BCUT2D eigenvalue weighted by atomic mass is 32.2. The Morgan fingerprint density at radius 3 is 2.23 bits per heavy atom.